The molecule has 0 radical (unpaired) electrons. The molecular weight excluding hydrogens is 593 g/mol. The van der Waals surface area contributed by atoms with E-state index in [1.165, 1.54) is 48.4 Å². The molecule has 8 nitrogen and oxygen atoms in total. The number of nitrogens with zero attached hydrogens (tertiary/aromatic N) is 2. The van der Waals surface area contributed by atoms with E-state index in [2.05, 4.69) is 5.32 Å². The van der Waals surface area contributed by atoms with E-state index < -0.39 is 34.3 Å². The molecule has 45 heavy (non-hydrogen) atoms. The fourth-order valence-electron chi connectivity index (χ4n) is 4.79. The highest BCUT2D eigenvalue weighted by Crippen LogP contribution is 2.26. The van der Waals surface area contributed by atoms with Gasteiger partial charge < -0.3 is 15.0 Å². The van der Waals surface area contributed by atoms with E-state index in [4.69, 9.17) is 4.74 Å². The van der Waals surface area contributed by atoms with Crippen LogP contribution in [0.3, 0.4) is 0 Å². The smallest absolute Gasteiger partial charge is 0.264 e. The topological polar surface area (TPSA) is 96.0 Å². The summed E-state index contributed by atoms with van der Waals surface area (Å²) in [6.07, 6.45) is 0.901. The van der Waals surface area contributed by atoms with Gasteiger partial charge in [0.2, 0.25) is 11.8 Å². The van der Waals surface area contributed by atoms with E-state index in [1.807, 2.05) is 74.5 Å². The number of anilines is 1. The second-order valence-electron chi connectivity index (χ2n) is 10.7. The van der Waals surface area contributed by atoms with Crippen molar-refractivity contribution >= 4 is 27.5 Å². The monoisotopic (exact) mass is 631 g/mol. The predicted molar refractivity (Wildman–Crippen MR) is 173 cm³/mol. The molecule has 0 unspecified atom stereocenters. The van der Waals surface area contributed by atoms with Crippen LogP contribution in [0, 0.1) is 5.82 Å². The van der Waals surface area contributed by atoms with Crippen LogP contribution in [-0.4, -0.2) is 50.9 Å². The molecule has 0 heterocycles. The maximum Gasteiger partial charge on any atom is 0.264 e. The Bertz CT molecular complexity index is 1650. The minimum absolute atomic E-state index is 0.0605. The van der Waals surface area contributed by atoms with Gasteiger partial charge in [0.25, 0.3) is 10.0 Å². The van der Waals surface area contributed by atoms with Gasteiger partial charge in [-0.3, -0.25) is 13.9 Å². The summed E-state index contributed by atoms with van der Waals surface area (Å²) < 4.78 is 48.2. The van der Waals surface area contributed by atoms with Crippen molar-refractivity contribution in [3.63, 3.8) is 0 Å². The number of sulfonamides is 1. The Balaban J connectivity index is 1.79. The maximum absolute atomic E-state index is 14.4. The van der Waals surface area contributed by atoms with Crippen LogP contribution in [0.15, 0.2) is 114 Å². The van der Waals surface area contributed by atoms with Crippen LogP contribution in [0.5, 0.6) is 5.75 Å². The van der Waals surface area contributed by atoms with Crippen LogP contribution in [0.4, 0.5) is 10.1 Å². The molecule has 0 bridgehead atoms. The minimum Gasteiger partial charge on any atom is -0.497 e. The minimum atomic E-state index is -4.31. The summed E-state index contributed by atoms with van der Waals surface area (Å²) in [4.78, 5) is 29.6. The van der Waals surface area contributed by atoms with Gasteiger partial charge in [0.05, 0.1) is 17.7 Å². The van der Waals surface area contributed by atoms with E-state index in [-0.39, 0.29) is 35.5 Å². The van der Waals surface area contributed by atoms with Crippen molar-refractivity contribution < 1.29 is 27.1 Å². The average molecular weight is 632 g/mol. The number of amides is 2. The molecule has 0 aliphatic carbocycles. The number of hydrogen-bond acceptors (Lipinski definition) is 5. The van der Waals surface area contributed by atoms with E-state index in [1.54, 1.807) is 0 Å². The Morgan fingerprint density at radius 1 is 0.844 bits per heavy atom. The third-order valence-electron chi connectivity index (χ3n) is 7.51. The van der Waals surface area contributed by atoms with Gasteiger partial charge in [0.1, 0.15) is 24.2 Å². The third kappa shape index (κ3) is 8.69. The second-order valence-corrected chi connectivity index (χ2v) is 12.6. The molecule has 1 N–H and O–H groups in total. The Morgan fingerprint density at radius 2 is 1.42 bits per heavy atom. The maximum atomic E-state index is 14.4. The van der Waals surface area contributed by atoms with Crippen molar-refractivity contribution in [2.45, 2.75) is 50.2 Å². The summed E-state index contributed by atoms with van der Waals surface area (Å²) >= 11 is 0. The summed E-state index contributed by atoms with van der Waals surface area (Å²) in [5.74, 6) is -1.03. The van der Waals surface area contributed by atoms with Crippen molar-refractivity contribution in [1.82, 2.24) is 10.2 Å². The number of ether oxygens (including phenoxy) is 1. The molecular formula is C35H38FN3O5S. The summed E-state index contributed by atoms with van der Waals surface area (Å²) in [6.45, 7) is 3.27. The molecule has 0 aliphatic heterocycles. The average Bonchev–Trinajstić information content (AvgIpc) is 3.06. The zero-order valence-corrected chi connectivity index (χ0v) is 26.4. The van der Waals surface area contributed by atoms with E-state index in [0.717, 1.165) is 27.6 Å². The number of hydrogen-bond donors (Lipinski definition) is 1. The van der Waals surface area contributed by atoms with Gasteiger partial charge in [0, 0.05) is 19.0 Å². The lowest BCUT2D eigenvalue weighted by Crippen LogP contribution is -2.54. The molecule has 4 aromatic rings. The van der Waals surface area contributed by atoms with Crippen molar-refractivity contribution in [2.75, 3.05) is 18.0 Å². The number of carbonyl (C=O) groups excluding carboxylic acids is 2. The summed E-state index contributed by atoms with van der Waals surface area (Å²) in [5, 5.41) is 3.01. The van der Waals surface area contributed by atoms with Gasteiger partial charge in [0.15, 0.2) is 0 Å². The molecule has 236 valence electrons. The van der Waals surface area contributed by atoms with Crippen molar-refractivity contribution in [3.05, 3.63) is 126 Å². The fourth-order valence-corrected chi connectivity index (χ4v) is 6.20. The van der Waals surface area contributed by atoms with Crippen molar-refractivity contribution in [1.29, 1.82) is 0 Å². The zero-order chi connectivity index (χ0) is 32.4. The molecule has 2 atom stereocenters. The van der Waals surface area contributed by atoms with E-state index in [9.17, 15) is 22.4 Å². The number of benzene rings is 4. The molecule has 4 rings (SSSR count). The molecule has 0 saturated heterocycles. The normalized spacial score (nSPS) is 12.5. The first-order chi connectivity index (χ1) is 21.6. The SMILES string of the molecule is CC[C@@H](C)NC(=O)[C@@H](Cc1ccccc1)N(Cc1ccccc1)C(=O)CN(c1ccc(F)cc1)S(=O)(=O)c1ccc(OC)cc1. The van der Waals surface area contributed by atoms with Gasteiger partial charge in [-0.15, -0.1) is 0 Å². The Morgan fingerprint density at radius 3 is 1.98 bits per heavy atom. The highest BCUT2D eigenvalue weighted by Gasteiger charge is 2.35. The number of methoxy groups -OCH3 is 1. The molecule has 0 aliphatic rings. The van der Waals surface area contributed by atoms with Crippen LogP contribution in [0.2, 0.25) is 0 Å². The molecule has 0 fully saturated rings. The highest BCUT2D eigenvalue weighted by atomic mass is 32.2. The molecule has 0 saturated carbocycles. The second kappa shape index (κ2) is 15.3. The van der Waals surface area contributed by atoms with Gasteiger partial charge in [-0.05, 0) is 73.0 Å². The molecule has 2 amide bonds. The van der Waals surface area contributed by atoms with Crippen LogP contribution in [0.1, 0.15) is 31.4 Å². The van der Waals surface area contributed by atoms with Gasteiger partial charge in [-0.2, -0.15) is 0 Å². The Kier molecular flexibility index (Phi) is 11.3. The lowest BCUT2D eigenvalue weighted by atomic mass is 10.0. The number of nitrogens with one attached hydrogen (secondary N) is 1. The molecule has 0 aromatic heterocycles. The van der Waals surface area contributed by atoms with Crippen LogP contribution in [0.25, 0.3) is 0 Å². The highest BCUT2D eigenvalue weighted by molar-refractivity contribution is 7.92. The van der Waals surface area contributed by atoms with Crippen LogP contribution < -0.4 is 14.4 Å². The largest absolute Gasteiger partial charge is 0.497 e. The van der Waals surface area contributed by atoms with Crippen molar-refractivity contribution in [3.8, 4) is 5.75 Å². The quantitative estimate of drug-likeness (QED) is 0.196. The standard InChI is InChI=1S/C35H38FN3O5S/c1-4-26(2)37-35(41)33(23-27-11-7-5-8-12-27)38(24-28-13-9-6-10-14-28)34(40)25-39(30-17-15-29(36)16-18-30)45(42,43)32-21-19-31(44-3)20-22-32/h5-22,26,33H,4,23-25H2,1-3H3,(H,37,41)/t26-,33-/m1/s1. The molecule has 0 spiro atoms. The van der Waals surface area contributed by atoms with Gasteiger partial charge in [-0.25, -0.2) is 12.8 Å². The summed E-state index contributed by atoms with van der Waals surface area (Å²) in [6, 6.07) is 28.1. The van der Waals surface area contributed by atoms with Gasteiger partial charge >= 0.3 is 0 Å². The van der Waals surface area contributed by atoms with Gasteiger partial charge in [-0.1, -0.05) is 67.6 Å². The lowest BCUT2D eigenvalue weighted by molar-refractivity contribution is -0.140. The molecule has 10 heteroatoms. The third-order valence-corrected chi connectivity index (χ3v) is 9.30. The lowest BCUT2D eigenvalue weighted by Gasteiger charge is -2.34. The number of halogens is 1. The summed E-state index contributed by atoms with van der Waals surface area (Å²) in [7, 11) is -2.84. The Hall–Kier alpha value is -4.70. The predicted octanol–water partition coefficient (Wildman–Crippen LogP) is 5.58. The van der Waals surface area contributed by atoms with Crippen LogP contribution >= 0.6 is 0 Å². The first kappa shape index (κ1) is 33.2. The number of rotatable bonds is 14. The Labute approximate surface area is 264 Å². The van der Waals surface area contributed by atoms with Crippen molar-refractivity contribution in [2.24, 2.45) is 0 Å². The van der Waals surface area contributed by atoms with E-state index >= 15 is 0 Å². The first-order valence-electron chi connectivity index (χ1n) is 14.7. The number of carbonyl (C=O) groups is 2. The first-order valence-corrected chi connectivity index (χ1v) is 16.2. The van der Waals surface area contributed by atoms with Crippen LogP contribution in [-0.2, 0) is 32.6 Å². The zero-order valence-electron chi connectivity index (χ0n) is 25.6. The van der Waals surface area contributed by atoms with E-state index in [0.29, 0.717) is 12.2 Å². The fraction of sp³-hybridized carbons (Fsp3) is 0.257. The summed E-state index contributed by atoms with van der Waals surface area (Å²) in [5.41, 5.74) is 1.71. The molecule has 4 aromatic carbocycles.